The Labute approximate surface area is 180 Å². The largest absolute Gasteiger partial charge is 0.297 e. The number of hydrogen-bond acceptors (Lipinski definition) is 5. The van der Waals surface area contributed by atoms with Gasteiger partial charge in [-0.3, -0.25) is 9.80 Å². The number of rotatable bonds is 6. The molecule has 1 aliphatic rings. The Morgan fingerprint density at radius 2 is 1.59 bits per heavy atom. The molecule has 0 amide bonds. The fourth-order valence-electron chi connectivity index (χ4n) is 3.31. The molecule has 2 heterocycles. The number of tetrazole rings is 1. The van der Waals surface area contributed by atoms with Gasteiger partial charge in [0.2, 0.25) is 4.77 Å². The van der Waals surface area contributed by atoms with E-state index in [1.54, 1.807) is 9.36 Å². The highest BCUT2D eigenvalue weighted by Gasteiger charge is 2.17. The lowest BCUT2D eigenvalue weighted by atomic mass is 10.2. The predicted molar refractivity (Wildman–Crippen MR) is 119 cm³/mol. The molecular weight excluding hydrogens is 404 g/mol. The Balaban J connectivity index is 1.29. The molecule has 0 aliphatic carbocycles. The number of nitrogens with zero attached hydrogens (tertiary/aromatic N) is 6. The van der Waals surface area contributed by atoms with Gasteiger partial charge in [-0.1, -0.05) is 54.1 Å². The minimum atomic E-state index is 0.584. The van der Waals surface area contributed by atoms with Crippen LogP contribution >= 0.6 is 23.8 Å². The third-order valence-electron chi connectivity index (χ3n) is 4.98. The van der Waals surface area contributed by atoms with E-state index in [0.29, 0.717) is 16.5 Å². The Bertz CT molecular complexity index is 1000. The van der Waals surface area contributed by atoms with E-state index >= 15 is 0 Å². The van der Waals surface area contributed by atoms with Crippen molar-refractivity contribution in [3.8, 4) is 5.69 Å². The molecule has 1 saturated heterocycles. The molecule has 0 saturated carbocycles. The van der Waals surface area contributed by atoms with Crippen molar-refractivity contribution in [1.29, 1.82) is 0 Å². The van der Waals surface area contributed by atoms with Gasteiger partial charge in [0.1, 0.15) is 0 Å². The minimum Gasteiger partial charge on any atom is -0.297 e. The molecule has 0 unspecified atom stereocenters. The third kappa shape index (κ3) is 5.19. The molecule has 2 aromatic carbocycles. The number of benzene rings is 2. The van der Waals surface area contributed by atoms with Crippen molar-refractivity contribution in [3.63, 3.8) is 0 Å². The van der Waals surface area contributed by atoms with Gasteiger partial charge in [0.15, 0.2) is 0 Å². The Hall–Kier alpha value is -2.32. The van der Waals surface area contributed by atoms with E-state index in [-0.39, 0.29) is 0 Å². The first-order valence-electron chi connectivity index (χ1n) is 9.64. The average Bonchev–Trinajstić information content (AvgIpc) is 3.11. The lowest BCUT2D eigenvalue weighted by Crippen LogP contribution is -2.46. The molecule has 0 atom stereocenters. The highest BCUT2D eigenvalue weighted by atomic mass is 35.5. The van der Waals surface area contributed by atoms with Gasteiger partial charge in [0, 0.05) is 37.7 Å². The molecule has 150 valence electrons. The zero-order valence-electron chi connectivity index (χ0n) is 16.1. The van der Waals surface area contributed by atoms with Crippen LogP contribution in [-0.4, -0.2) is 62.3 Å². The van der Waals surface area contributed by atoms with Crippen molar-refractivity contribution in [2.45, 2.75) is 6.67 Å². The van der Waals surface area contributed by atoms with E-state index in [0.717, 1.165) is 38.4 Å². The van der Waals surface area contributed by atoms with Crippen LogP contribution in [0, 0.1) is 4.77 Å². The number of hydrogen-bond donors (Lipinski definition) is 0. The molecule has 1 aromatic heterocycles. The smallest absolute Gasteiger partial charge is 0.221 e. The highest BCUT2D eigenvalue weighted by Crippen LogP contribution is 2.13. The predicted octanol–water partition coefficient (Wildman–Crippen LogP) is 3.74. The van der Waals surface area contributed by atoms with Crippen LogP contribution in [0.5, 0.6) is 0 Å². The van der Waals surface area contributed by atoms with Crippen LogP contribution in [0.15, 0.2) is 60.7 Å². The molecule has 0 spiro atoms. The molecule has 1 aliphatic heterocycles. The lowest BCUT2D eigenvalue weighted by Gasteiger charge is -2.33. The van der Waals surface area contributed by atoms with E-state index in [2.05, 4.69) is 56.6 Å². The summed E-state index contributed by atoms with van der Waals surface area (Å²) < 4.78 is 4.02. The Morgan fingerprint density at radius 1 is 0.897 bits per heavy atom. The molecule has 3 aromatic rings. The third-order valence-corrected chi connectivity index (χ3v) is 5.62. The topological polar surface area (TPSA) is 42.1 Å². The molecule has 29 heavy (non-hydrogen) atoms. The van der Waals surface area contributed by atoms with Crippen LogP contribution in [0.3, 0.4) is 0 Å². The summed E-state index contributed by atoms with van der Waals surface area (Å²) in [6.07, 6.45) is 4.42. The number of aromatic nitrogens is 4. The van der Waals surface area contributed by atoms with E-state index in [1.165, 1.54) is 5.56 Å². The van der Waals surface area contributed by atoms with Gasteiger partial charge in [-0.05, 0) is 52.5 Å². The van der Waals surface area contributed by atoms with Crippen LogP contribution in [-0.2, 0) is 6.67 Å². The van der Waals surface area contributed by atoms with Crippen molar-refractivity contribution < 1.29 is 0 Å². The van der Waals surface area contributed by atoms with Crippen molar-refractivity contribution in [1.82, 2.24) is 29.6 Å². The monoisotopic (exact) mass is 426 g/mol. The van der Waals surface area contributed by atoms with Gasteiger partial charge in [0.05, 0.1) is 12.4 Å². The fraction of sp³-hybridized carbons (Fsp3) is 0.286. The molecule has 8 heteroatoms. The second-order valence-electron chi connectivity index (χ2n) is 7.02. The molecular formula is C21H23ClN6S. The molecule has 0 N–H and O–H groups in total. The molecule has 6 nitrogen and oxygen atoms in total. The number of halogens is 1. The van der Waals surface area contributed by atoms with Crippen LogP contribution < -0.4 is 0 Å². The van der Waals surface area contributed by atoms with Gasteiger partial charge in [-0.25, -0.2) is 4.68 Å². The second-order valence-corrected chi connectivity index (χ2v) is 7.82. The standard InChI is InChI=1S/C21H23ClN6S/c22-19-8-10-20(11-9-19)28-21(29)27(23-24-28)17-26-15-13-25(14-16-26)12-4-7-18-5-2-1-3-6-18/h1-11H,12-17H2/b7-4+. The Morgan fingerprint density at radius 3 is 2.31 bits per heavy atom. The minimum absolute atomic E-state index is 0.584. The first-order chi connectivity index (χ1) is 14.2. The maximum absolute atomic E-state index is 5.96. The lowest BCUT2D eigenvalue weighted by molar-refractivity contribution is 0.109. The molecule has 1 fully saturated rings. The average molecular weight is 427 g/mol. The van der Waals surface area contributed by atoms with Crippen LogP contribution in [0.25, 0.3) is 11.8 Å². The SMILES string of the molecule is S=c1n(CN2CCN(C/C=C/c3ccccc3)CC2)nnn1-c1ccc(Cl)cc1. The van der Waals surface area contributed by atoms with Crippen molar-refractivity contribution in [2.24, 2.45) is 0 Å². The van der Waals surface area contributed by atoms with Gasteiger partial charge < -0.3 is 0 Å². The van der Waals surface area contributed by atoms with E-state index in [1.807, 2.05) is 30.3 Å². The quantitative estimate of drug-likeness (QED) is 0.562. The summed E-state index contributed by atoms with van der Waals surface area (Å²) in [4.78, 5) is 4.81. The summed E-state index contributed by atoms with van der Waals surface area (Å²) in [5.74, 6) is 0. The summed E-state index contributed by atoms with van der Waals surface area (Å²) in [5, 5.41) is 9.12. The highest BCUT2D eigenvalue weighted by molar-refractivity contribution is 7.71. The van der Waals surface area contributed by atoms with Gasteiger partial charge in [-0.2, -0.15) is 4.68 Å². The summed E-state index contributed by atoms with van der Waals surface area (Å²) >= 11 is 11.5. The fourth-order valence-corrected chi connectivity index (χ4v) is 3.67. The van der Waals surface area contributed by atoms with E-state index in [4.69, 9.17) is 23.8 Å². The summed E-state index contributed by atoms with van der Waals surface area (Å²) in [6, 6.07) is 17.8. The van der Waals surface area contributed by atoms with Crippen molar-refractivity contribution >= 4 is 29.9 Å². The van der Waals surface area contributed by atoms with Crippen molar-refractivity contribution in [2.75, 3.05) is 32.7 Å². The van der Waals surface area contributed by atoms with E-state index < -0.39 is 0 Å². The zero-order chi connectivity index (χ0) is 20.1. The summed E-state index contributed by atoms with van der Waals surface area (Å²) in [7, 11) is 0. The second kappa shape index (κ2) is 9.45. The zero-order valence-corrected chi connectivity index (χ0v) is 17.6. The van der Waals surface area contributed by atoms with Gasteiger partial charge >= 0.3 is 0 Å². The molecule has 4 rings (SSSR count). The van der Waals surface area contributed by atoms with Crippen LogP contribution in [0.4, 0.5) is 0 Å². The Kier molecular flexibility index (Phi) is 6.51. The maximum atomic E-state index is 5.96. The van der Waals surface area contributed by atoms with Crippen molar-refractivity contribution in [3.05, 3.63) is 76.0 Å². The van der Waals surface area contributed by atoms with Crippen LogP contribution in [0.1, 0.15) is 5.56 Å². The normalized spacial score (nSPS) is 15.9. The van der Waals surface area contributed by atoms with Gasteiger partial charge in [-0.15, -0.1) is 0 Å². The summed E-state index contributed by atoms with van der Waals surface area (Å²) in [5.41, 5.74) is 2.10. The van der Waals surface area contributed by atoms with Crippen LogP contribution in [0.2, 0.25) is 5.02 Å². The summed E-state index contributed by atoms with van der Waals surface area (Å²) in [6.45, 7) is 5.63. The first kappa shape index (κ1) is 20.0. The maximum Gasteiger partial charge on any atom is 0.221 e. The molecule has 0 radical (unpaired) electrons. The molecule has 0 bridgehead atoms. The first-order valence-corrected chi connectivity index (χ1v) is 10.4. The van der Waals surface area contributed by atoms with Gasteiger partial charge in [0.25, 0.3) is 0 Å². The van der Waals surface area contributed by atoms with E-state index in [9.17, 15) is 0 Å². The number of piperazine rings is 1.